The number of halogens is 1. The zero-order chi connectivity index (χ0) is 23.8. The monoisotopic (exact) mass is 494 g/mol. The SMILES string of the molecule is COC(=O)c1cc(C)c2c(c1)S(=O)(=O)Cc1cc(NC(=O)CN3CCOCC3)cc(Cl)c1O2. The van der Waals surface area contributed by atoms with Crippen LogP contribution in [0.2, 0.25) is 5.02 Å². The summed E-state index contributed by atoms with van der Waals surface area (Å²) in [5, 5.41) is 2.94. The zero-order valence-corrected chi connectivity index (χ0v) is 19.7. The summed E-state index contributed by atoms with van der Waals surface area (Å²) in [6.07, 6.45) is 0. The molecule has 2 aromatic carbocycles. The third kappa shape index (κ3) is 4.98. The molecule has 2 aromatic rings. The van der Waals surface area contributed by atoms with Gasteiger partial charge >= 0.3 is 5.97 Å². The molecule has 176 valence electrons. The molecule has 0 atom stereocenters. The van der Waals surface area contributed by atoms with Crippen LogP contribution in [0.4, 0.5) is 5.69 Å². The third-order valence-corrected chi connectivity index (χ3v) is 7.37. The predicted octanol–water partition coefficient (Wildman–Crippen LogP) is 2.79. The van der Waals surface area contributed by atoms with E-state index in [9.17, 15) is 18.0 Å². The Morgan fingerprint density at radius 1 is 1.15 bits per heavy atom. The number of carbonyl (C=O) groups is 2. The predicted molar refractivity (Wildman–Crippen MR) is 121 cm³/mol. The molecule has 33 heavy (non-hydrogen) atoms. The molecule has 0 bridgehead atoms. The topological polar surface area (TPSA) is 111 Å². The lowest BCUT2D eigenvalue weighted by molar-refractivity contribution is -0.118. The van der Waals surface area contributed by atoms with Gasteiger partial charge in [0.1, 0.15) is 16.4 Å². The van der Waals surface area contributed by atoms with Gasteiger partial charge in [-0.25, -0.2) is 13.2 Å². The normalized spacial score (nSPS) is 17.2. The summed E-state index contributed by atoms with van der Waals surface area (Å²) in [6, 6.07) is 5.80. The molecule has 4 rings (SSSR count). The molecule has 2 aliphatic rings. The van der Waals surface area contributed by atoms with Gasteiger partial charge in [-0.1, -0.05) is 11.6 Å². The minimum Gasteiger partial charge on any atom is -0.465 e. The fourth-order valence-electron chi connectivity index (χ4n) is 3.83. The minimum absolute atomic E-state index is 0.104. The van der Waals surface area contributed by atoms with Crippen LogP contribution in [0.1, 0.15) is 21.5 Å². The van der Waals surface area contributed by atoms with E-state index in [1.54, 1.807) is 13.0 Å². The van der Waals surface area contributed by atoms with Crippen LogP contribution in [0.25, 0.3) is 0 Å². The molecule has 1 N–H and O–H groups in total. The number of nitrogens with one attached hydrogen (secondary N) is 1. The first-order chi connectivity index (χ1) is 15.7. The van der Waals surface area contributed by atoms with E-state index in [1.165, 1.54) is 25.3 Å². The van der Waals surface area contributed by atoms with Crippen LogP contribution in [0.3, 0.4) is 0 Å². The summed E-state index contributed by atoms with van der Waals surface area (Å²) >= 11 is 6.44. The van der Waals surface area contributed by atoms with Crippen LogP contribution in [-0.4, -0.2) is 65.2 Å². The number of aryl methyl sites for hydroxylation is 1. The number of fused-ring (bicyclic) bond motifs is 2. The van der Waals surface area contributed by atoms with Crippen molar-refractivity contribution in [3.63, 3.8) is 0 Å². The van der Waals surface area contributed by atoms with Crippen molar-refractivity contribution < 1.29 is 32.2 Å². The van der Waals surface area contributed by atoms with E-state index in [4.69, 9.17) is 25.8 Å². The van der Waals surface area contributed by atoms with Gasteiger partial charge in [-0.15, -0.1) is 0 Å². The van der Waals surface area contributed by atoms with E-state index in [0.717, 1.165) is 0 Å². The average Bonchev–Trinajstić information content (AvgIpc) is 2.87. The second-order valence-electron chi connectivity index (χ2n) is 7.86. The number of methoxy groups -OCH3 is 1. The number of morpholine rings is 1. The van der Waals surface area contributed by atoms with E-state index in [0.29, 0.717) is 43.1 Å². The van der Waals surface area contributed by atoms with Gasteiger partial charge in [0.25, 0.3) is 0 Å². The summed E-state index contributed by atoms with van der Waals surface area (Å²) in [4.78, 5) is 26.3. The fraction of sp³-hybridized carbons (Fsp3) is 0.364. The second-order valence-corrected chi connectivity index (χ2v) is 10.2. The van der Waals surface area contributed by atoms with Crippen molar-refractivity contribution in [3.05, 3.63) is 46.0 Å². The number of hydrogen-bond donors (Lipinski definition) is 1. The average molecular weight is 495 g/mol. The van der Waals surface area contributed by atoms with Gasteiger partial charge in [0.2, 0.25) is 5.91 Å². The minimum atomic E-state index is -3.89. The van der Waals surface area contributed by atoms with Crippen LogP contribution < -0.4 is 10.1 Å². The number of amides is 1. The van der Waals surface area contributed by atoms with Crippen molar-refractivity contribution in [2.24, 2.45) is 0 Å². The number of rotatable bonds is 4. The van der Waals surface area contributed by atoms with Crippen molar-refractivity contribution in [1.82, 2.24) is 4.90 Å². The van der Waals surface area contributed by atoms with Gasteiger partial charge < -0.3 is 19.5 Å². The highest BCUT2D eigenvalue weighted by Gasteiger charge is 2.31. The molecule has 1 fully saturated rings. The second kappa shape index (κ2) is 9.30. The Morgan fingerprint density at radius 3 is 2.58 bits per heavy atom. The quantitative estimate of drug-likeness (QED) is 0.646. The van der Waals surface area contributed by atoms with Crippen molar-refractivity contribution in [3.8, 4) is 11.5 Å². The Morgan fingerprint density at radius 2 is 1.88 bits per heavy atom. The lowest BCUT2D eigenvalue weighted by Gasteiger charge is -2.25. The van der Waals surface area contributed by atoms with Crippen molar-refractivity contribution >= 4 is 39.0 Å². The third-order valence-electron chi connectivity index (χ3n) is 5.42. The van der Waals surface area contributed by atoms with E-state index in [-0.39, 0.29) is 39.4 Å². The van der Waals surface area contributed by atoms with Gasteiger partial charge in [-0.3, -0.25) is 9.69 Å². The number of carbonyl (C=O) groups excluding carboxylic acids is 2. The van der Waals surface area contributed by atoms with Gasteiger partial charge in [0.05, 0.1) is 43.2 Å². The highest BCUT2D eigenvalue weighted by atomic mass is 35.5. The van der Waals surface area contributed by atoms with Gasteiger partial charge in [0, 0.05) is 24.3 Å². The Hall–Kier alpha value is -2.66. The van der Waals surface area contributed by atoms with Gasteiger partial charge in [-0.05, 0) is 36.8 Å². The largest absolute Gasteiger partial charge is 0.465 e. The van der Waals surface area contributed by atoms with Crippen LogP contribution in [0, 0.1) is 6.92 Å². The maximum absolute atomic E-state index is 13.2. The first-order valence-corrected chi connectivity index (χ1v) is 12.3. The fourth-order valence-corrected chi connectivity index (χ4v) is 5.68. The summed E-state index contributed by atoms with van der Waals surface area (Å²) < 4.78 is 42.4. The molecule has 0 aromatic heterocycles. The first kappa shape index (κ1) is 23.5. The van der Waals surface area contributed by atoms with E-state index < -0.39 is 21.6 Å². The standard InChI is InChI=1S/C22H23ClN2O7S/c1-13-7-14(22(27)30-2)9-18-20(13)32-21-15(12-33(18,28)29)8-16(10-17(21)23)24-19(26)11-25-3-5-31-6-4-25/h7-10H,3-6,11-12H2,1-2H3,(H,24,26). The molecule has 0 radical (unpaired) electrons. The molecule has 0 aliphatic carbocycles. The van der Waals surface area contributed by atoms with Crippen LogP contribution >= 0.6 is 11.6 Å². The molecular weight excluding hydrogens is 472 g/mol. The first-order valence-electron chi connectivity index (χ1n) is 10.2. The highest BCUT2D eigenvalue weighted by Crippen LogP contribution is 2.44. The maximum Gasteiger partial charge on any atom is 0.337 e. The summed E-state index contributed by atoms with van der Waals surface area (Å²) in [7, 11) is -2.67. The number of benzene rings is 2. The van der Waals surface area contributed by atoms with E-state index >= 15 is 0 Å². The van der Waals surface area contributed by atoms with Crippen LogP contribution in [0.15, 0.2) is 29.2 Å². The molecule has 0 spiro atoms. The van der Waals surface area contributed by atoms with Crippen LogP contribution in [-0.2, 0) is 29.9 Å². The van der Waals surface area contributed by atoms with Crippen LogP contribution in [0.5, 0.6) is 11.5 Å². The molecule has 9 nitrogen and oxygen atoms in total. The molecule has 0 saturated carbocycles. The summed E-state index contributed by atoms with van der Waals surface area (Å²) in [6.45, 7) is 4.30. The van der Waals surface area contributed by atoms with E-state index in [2.05, 4.69) is 5.32 Å². The highest BCUT2D eigenvalue weighted by molar-refractivity contribution is 7.90. The van der Waals surface area contributed by atoms with Crippen molar-refractivity contribution in [2.75, 3.05) is 45.3 Å². The van der Waals surface area contributed by atoms with Crippen molar-refractivity contribution in [1.29, 1.82) is 0 Å². The molecule has 1 saturated heterocycles. The lowest BCUT2D eigenvalue weighted by Crippen LogP contribution is -2.41. The van der Waals surface area contributed by atoms with Gasteiger partial charge in [0.15, 0.2) is 9.84 Å². The number of anilines is 1. The Bertz CT molecular complexity index is 1220. The summed E-state index contributed by atoms with van der Waals surface area (Å²) in [5.41, 5.74) is 1.23. The number of nitrogens with zero attached hydrogens (tertiary/aromatic N) is 1. The number of sulfone groups is 1. The van der Waals surface area contributed by atoms with Crippen molar-refractivity contribution in [2.45, 2.75) is 17.6 Å². The molecule has 1 amide bonds. The lowest BCUT2D eigenvalue weighted by atomic mass is 10.1. The number of hydrogen-bond acceptors (Lipinski definition) is 8. The smallest absolute Gasteiger partial charge is 0.337 e. The van der Waals surface area contributed by atoms with Gasteiger partial charge in [-0.2, -0.15) is 0 Å². The maximum atomic E-state index is 13.2. The Balaban J connectivity index is 1.65. The molecular formula is C22H23ClN2O7S. The molecule has 2 heterocycles. The molecule has 2 aliphatic heterocycles. The Kier molecular flexibility index (Phi) is 6.62. The zero-order valence-electron chi connectivity index (χ0n) is 18.1. The number of esters is 1. The van der Waals surface area contributed by atoms with E-state index in [1.807, 2.05) is 4.90 Å². The Labute approximate surface area is 196 Å². The number of ether oxygens (including phenoxy) is 3. The molecule has 11 heteroatoms. The summed E-state index contributed by atoms with van der Waals surface area (Å²) in [5.74, 6) is -1.01. The molecule has 0 unspecified atom stereocenters.